The Morgan fingerprint density at radius 1 is 1.04 bits per heavy atom. The van der Waals surface area contributed by atoms with E-state index in [0.29, 0.717) is 18.4 Å². The van der Waals surface area contributed by atoms with Crippen molar-refractivity contribution in [2.75, 3.05) is 0 Å². The summed E-state index contributed by atoms with van der Waals surface area (Å²) in [6, 6.07) is 9.63. The fourth-order valence-corrected chi connectivity index (χ4v) is 4.33. The molecule has 0 heterocycles. The van der Waals surface area contributed by atoms with E-state index in [-0.39, 0.29) is 12.6 Å². The third kappa shape index (κ3) is 4.34. The molecule has 140 valence electrons. The summed E-state index contributed by atoms with van der Waals surface area (Å²) in [5.74, 6) is -1.23. The van der Waals surface area contributed by atoms with Gasteiger partial charge in [0, 0.05) is 12.6 Å². The molecular formula is C17H15F4NO3S. The van der Waals surface area contributed by atoms with E-state index in [9.17, 15) is 26.0 Å². The molecule has 2 aromatic carbocycles. The lowest BCUT2D eigenvalue weighted by Gasteiger charge is -2.23. The summed E-state index contributed by atoms with van der Waals surface area (Å²) in [5.41, 5.74) is 0.538. The van der Waals surface area contributed by atoms with Crippen LogP contribution in [-0.4, -0.2) is 25.1 Å². The molecule has 9 heteroatoms. The average molecular weight is 389 g/mol. The van der Waals surface area contributed by atoms with Gasteiger partial charge in [-0.1, -0.05) is 24.3 Å². The summed E-state index contributed by atoms with van der Waals surface area (Å²) in [5, 5.41) is 0. The molecule has 0 unspecified atom stereocenters. The minimum absolute atomic E-state index is 0.0619. The quantitative estimate of drug-likeness (QED) is 0.700. The average Bonchev–Trinajstić information content (AvgIpc) is 3.37. The van der Waals surface area contributed by atoms with Crippen LogP contribution in [0.2, 0.25) is 0 Å². The van der Waals surface area contributed by atoms with Gasteiger partial charge < -0.3 is 4.74 Å². The van der Waals surface area contributed by atoms with Crippen LogP contribution in [0.1, 0.15) is 18.4 Å². The van der Waals surface area contributed by atoms with E-state index in [1.165, 1.54) is 36.4 Å². The number of hydrogen-bond acceptors (Lipinski definition) is 3. The number of ether oxygens (including phenoxy) is 1. The molecule has 3 rings (SSSR count). The summed E-state index contributed by atoms with van der Waals surface area (Å²) in [4.78, 5) is -0.550. The molecule has 0 spiro atoms. The lowest BCUT2D eigenvalue weighted by atomic mass is 10.2. The van der Waals surface area contributed by atoms with Gasteiger partial charge in [0.25, 0.3) is 0 Å². The van der Waals surface area contributed by atoms with Crippen molar-refractivity contribution in [1.82, 2.24) is 4.31 Å². The minimum Gasteiger partial charge on any atom is -0.404 e. The molecule has 0 radical (unpaired) electrons. The van der Waals surface area contributed by atoms with Gasteiger partial charge in [-0.05, 0) is 42.7 Å². The van der Waals surface area contributed by atoms with Crippen LogP contribution < -0.4 is 4.74 Å². The van der Waals surface area contributed by atoms with Crippen LogP contribution >= 0.6 is 0 Å². The van der Waals surface area contributed by atoms with Gasteiger partial charge in [0.15, 0.2) is 0 Å². The Hall–Kier alpha value is -2.13. The summed E-state index contributed by atoms with van der Waals surface area (Å²) in [6.45, 7) is -0.0619. The molecule has 0 bridgehead atoms. The molecule has 0 N–H and O–H groups in total. The molecule has 0 aromatic heterocycles. The van der Waals surface area contributed by atoms with Crippen molar-refractivity contribution < 1.29 is 30.7 Å². The number of alkyl halides is 3. The maximum Gasteiger partial charge on any atom is 0.573 e. The van der Waals surface area contributed by atoms with Gasteiger partial charge >= 0.3 is 6.36 Å². The number of para-hydroxylation sites is 1. The number of benzene rings is 2. The summed E-state index contributed by atoms with van der Waals surface area (Å²) < 4.78 is 81.9. The molecule has 1 aliphatic carbocycles. The first-order chi connectivity index (χ1) is 12.2. The van der Waals surface area contributed by atoms with Crippen LogP contribution in [-0.2, 0) is 16.6 Å². The molecule has 1 fully saturated rings. The van der Waals surface area contributed by atoms with E-state index in [4.69, 9.17) is 0 Å². The zero-order valence-electron chi connectivity index (χ0n) is 13.4. The van der Waals surface area contributed by atoms with Crippen molar-refractivity contribution in [3.63, 3.8) is 0 Å². The number of sulfonamides is 1. The monoisotopic (exact) mass is 389 g/mol. The molecule has 0 amide bonds. The predicted octanol–water partition coefficient (Wildman–Crippen LogP) is 4.08. The van der Waals surface area contributed by atoms with Crippen LogP contribution in [0.5, 0.6) is 5.75 Å². The van der Waals surface area contributed by atoms with Gasteiger partial charge in [0.05, 0.1) is 0 Å². The highest BCUT2D eigenvalue weighted by Gasteiger charge is 2.41. The standard InChI is InChI=1S/C17H15F4NO3S/c18-13-7-5-12(6-8-13)11-22(14-9-10-14)26(23,24)16-4-2-1-3-15(16)25-17(19,20)21/h1-8,14H,9-11H2. The molecule has 2 aromatic rings. The molecule has 4 nitrogen and oxygen atoms in total. The number of nitrogens with zero attached hydrogens (tertiary/aromatic N) is 1. The smallest absolute Gasteiger partial charge is 0.404 e. The van der Waals surface area contributed by atoms with Crippen molar-refractivity contribution in [2.24, 2.45) is 0 Å². The molecule has 1 aliphatic rings. The van der Waals surface area contributed by atoms with Crippen LogP contribution in [0, 0.1) is 5.82 Å². The maximum absolute atomic E-state index is 13.0. The Morgan fingerprint density at radius 2 is 1.65 bits per heavy atom. The summed E-state index contributed by atoms with van der Waals surface area (Å²) in [7, 11) is -4.23. The van der Waals surface area contributed by atoms with Crippen LogP contribution in [0.15, 0.2) is 53.4 Å². The predicted molar refractivity (Wildman–Crippen MR) is 85.3 cm³/mol. The Kier molecular flexibility index (Phi) is 4.94. The zero-order valence-corrected chi connectivity index (χ0v) is 14.2. The normalized spacial score (nSPS) is 15.3. The molecule has 0 atom stereocenters. The van der Waals surface area contributed by atoms with Gasteiger partial charge in [0.2, 0.25) is 10.0 Å². The van der Waals surface area contributed by atoms with E-state index < -0.39 is 32.8 Å². The van der Waals surface area contributed by atoms with E-state index in [0.717, 1.165) is 16.4 Å². The highest BCUT2D eigenvalue weighted by molar-refractivity contribution is 7.89. The number of hydrogen-bond donors (Lipinski definition) is 0. The first-order valence-electron chi connectivity index (χ1n) is 7.78. The van der Waals surface area contributed by atoms with Gasteiger partial charge in [-0.2, -0.15) is 4.31 Å². The SMILES string of the molecule is O=S(=O)(c1ccccc1OC(F)(F)F)N(Cc1ccc(F)cc1)C1CC1. The van der Waals surface area contributed by atoms with Crippen LogP contribution in [0.4, 0.5) is 17.6 Å². The Bertz CT molecular complexity index is 878. The van der Waals surface area contributed by atoms with Gasteiger partial charge in [-0.3, -0.25) is 0 Å². The second kappa shape index (κ2) is 6.88. The molecule has 0 aliphatic heterocycles. The minimum atomic E-state index is -5.01. The second-order valence-corrected chi connectivity index (χ2v) is 7.76. The van der Waals surface area contributed by atoms with Crippen molar-refractivity contribution in [3.05, 3.63) is 59.9 Å². The molecule has 1 saturated carbocycles. The first kappa shape index (κ1) is 18.7. The number of rotatable bonds is 6. The van der Waals surface area contributed by atoms with Crippen molar-refractivity contribution in [2.45, 2.75) is 36.7 Å². The fraction of sp³-hybridized carbons (Fsp3) is 0.294. The number of halogens is 4. The Balaban J connectivity index is 1.95. The van der Waals surface area contributed by atoms with Crippen LogP contribution in [0.25, 0.3) is 0 Å². The highest BCUT2D eigenvalue weighted by atomic mass is 32.2. The van der Waals surface area contributed by atoms with E-state index in [1.54, 1.807) is 0 Å². The second-order valence-electron chi connectivity index (χ2n) is 5.90. The maximum atomic E-state index is 13.0. The first-order valence-corrected chi connectivity index (χ1v) is 9.22. The third-order valence-electron chi connectivity index (χ3n) is 3.87. The highest BCUT2D eigenvalue weighted by Crippen LogP contribution is 2.37. The van der Waals surface area contributed by atoms with E-state index in [2.05, 4.69) is 4.74 Å². The fourth-order valence-electron chi connectivity index (χ4n) is 2.54. The third-order valence-corrected chi connectivity index (χ3v) is 5.81. The zero-order chi connectivity index (χ0) is 18.9. The largest absolute Gasteiger partial charge is 0.573 e. The molecule has 26 heavy (non-hydrogen) atoms. The lowest BCUT2D eigenvalue weighted by molar-refractivity contribution is -0.275. The van der Waals surface area contributed by atoms with Gasteiger partial charge in [-0.25, -0.2) is 12.8 Å². The lowest BCUT2D eigenvalue weighted by Crippen LogP contribution is -2.33. The van der Waals surface area contributed by atoms with E-state index >= 15 is 0 Å². The van der Waals surface area contributed by atoms with Gasteiger partial charge in [0.1, 0.15) is 16.5 Å². The van der Waals surface area contributed by atoms with Crippen molar-refractivity contribution in [1.29, 1.82) is 0 Å². The van der Waals surface area contributed by atoms with Crippen molar-refractivity contribution >= 4 is 10.0 Å². The van der Waals surface area contributed by atoms with Gasteiger partial charge in [-0.15, -0.1) is 13.2 Å². The molecular weight excluding hydrogens is 374 g/mol. The topological polar surface area (TPSA) is 46.6 Å². The summed E-state index contributed by atoms with van der Waals surface area (Å²) in [6.07, 6.45) is -3.78. The Morgan fingerprint density at radius 3 is 2.23 bits per heavy atom. The van der Waals surface area contributed by atoms with Crippen LogP contribution in [0.3, 0.4) is 0 Å². The Labute approximate surface area is 148 Å². The van der Waals surface area contributed by atoms with E-state index in [1.807, 2.05) is 0 Å². The molecule has 0 saturated heterocycles. The summed E-state index contributed by atoms with van der Waals surface area (Å²) >= 11 is 0. The van der Waals surface area contributed by atoms with Crippen molar-refractivity contribution in [3.8, 4) is 5.75 Å².